The molecule has 0 aliphatic carbocycles. The summed E-state index contributed by atoms with van der Waals surface area (Å²) in [6, 6.07) is 13.0. The van der Waals surface area contributed by atoms with Crippen LogP contribution in [0.25, 0.3) is 0 Å². The van der Waals surface area contributed by atoms with E-state index in [0.29, 0.717) is 11.3 Å². The van der Waals surface area contributed by atoms with Crippen LogP contribution in [0.5, 0.6) is 11.5 Å². The molecule has 0 bridgehead atoms. The lowest BCUT2D eigenvalue weighted by Crippen LogP contribution is -2.00. The van der Waals surface area contributed by atoms with Crippen LogP contribution in [-0.4, -0.2) is 5.11 Å². The fraction of sp³-hybridized carbons (Fsp3) is 0.133. The van der Waals surface area contributed by atoms with E-state index in [0.717, 1.165) is 0 Å². The fourth-order valence-corrected chi connectivity index (χ4v) is 1.78. The largest absolute Gasteiger partial charge is 0.455 e. The van der Waals surface area contributed by atoms with Crippen molar-refractivity contribution in [2.75, 3.05) is 0 Å². The molecular formula is C15H12FNO2. The third-order valence-corrected chi connectivity index (χ3v) is 2.66. The van der Waals surface area contributed by atoms with E-state index < -0.39 is 11.9 Å². The second-order valence-corrected chi connectivity index (χ2v) is 4.04. The summed E-state index contributed by atoms with van der Waals surface area (Å²) in [5.41, 5.74) is 0.429. The van der Waals surface area contributed by atoms with Crippen LogP contribution in [0.15, 0.2) is 42.5 Å². The highest BCUT2D eigenvalue weighted by molar-refractivity contribution is 5.47. The van der Waals surface area contributed by atoms with Crippen molar-refractivity contribution in [2.45, 2.75) is 13.0 Å². The molecule has 96 valence electrons. The van der Waals surface area contributed by atoms with E-state index in [1.165, 1.54) is 19.1 Å². The third kappa shape index (κ3) is 2.72. The molecule has 0 amide bonds. The number of hydrogen-bond acceptors (Lipinski definition) is 3. The second-order valence-electron chi connectivity index (χ2n) is 4.04. The number of para-hydroxylation sites is 1. The number of aliphatic hydroxyl groups excluding tert-OH is 1. The van der Waals surface area contributed by atoms with Gasteiger partial charge in [0.05, 0.1) is 17.2 Å². The Kier molecular flexibility index (Phi) is 3.79. The number of benzene rings is 2. The van der Waals surface area contributed by atoms with Crippen molar-refractivity contribution >= 4 is 0 Å². The van der Waals surface area contributed by atoms with E-state index in [-0.39, 0.29) is 11.3 Å². The molecule has 2 rings (SSSR count). The standard InChI is InChI=1S/C15H12FNO2/c1-10(18)15-12(16)6-4-8-14(15)19-13-7-3-2-5-11(13)9-17/h2-8,10,18H,1H3/t10-/m1/s1. The number of rotatable bonds is 3. The Morgan fingerprint density at radius 3 is 2.53 bits per heavy atom. The lowest BCUT2D eigenvalue weighted by atomic mass is 10.1. The molecule has 0 saturated carbocycles. The molecule has 0 heterocycles. The van der Waals surface area contributed by atoms with Crippen LogP contribution in [0.1, 0.15) is 24.2 Å². The Morgan fingerprint density at radius 2 is 1.84 bits per heavy atom. The van der Waals surface area contributed by atoms with E-state index in [2.05, 4.69) is 0 Å². The SMILES string of the molecule is C[C@@H](O)c1c(F)cccc1Oc1ccccc1C#N. The van der Waals surface area contributed by atoms with Gasteiger partial charge in [0.25, 0.3) is 0 Å². The van der Waals surface area contributed by atoms with Crippen LogP contribution in [0.3, 0.4) is 0 Å². The molecule has 0 unspecified atom stereocenters. The van der Waals surface area contributed by atoms with E-state index in [1.807, 2.05) is 6.07 Å². The van der Waals surface area contributed by atoms with Gasteiger partial charge in [-0.2, -0.15) is 5.26 Å². The van der Waals surface area contributed by atoms with Crippen molar-refractivity contribution in [3.8, 4) is 17.6 Å². The van der Waals surface area contributed by atoms with Crippen LogP contribution in [0, 0.1) is 17.1 Å². The van der Waals surface area contributed by atoms with E-state index in [1.54, 1.807) is 30.3 Å². The number of halogens is 1. The summed E-state index contributed by atoms with van der Waals surface area (Å²) < 4.78 is 19.2. The zero-order valence-corrected chi connectivity index (χ0v) is 10.3. The molecule has 1 N–H and O–H groups in total. The molecule has 3 nitrogen and oxygen atoms in total. The average Bonchev–Trinajstić information content (AvgIpc) is 2.39. The lowest BCUT2D eigenvalue weighted by molar-refractivity contribution is 0.190. The number of aliphatic hydroxyl groups is 1. The minimum atomic E-state index is -0.995. The molecular weight excluding hydrogens is 245 g/mol. The molecule has 0 fully saturated rings. The highest BCUT2D eigenvalue weighted by Crippen LogP contribution is 2.32. The second kappa shape index (κ2) is 5.51. The molecule has 0 radical (unpaired) electrons. The maximum Gasteiger partial charge on any atom is 0.145 e. The minimum Gasteiger partial charge on any atom is -0.455 e. The maximum atomic E-state index is 13.7. The summed E-state index contributed by atoms with van der Waals surface area (Å²) in [6.45, 7) is 1.46. The normalized spacial score (nSPS) is 11.7. The van der Waals surface area contributed by atoms with Crippen LogP contribution in [0.4, 0.5) is 4.39 Å². The molecule has 1 atom stereocenters. The summed E-state index contributed by atoms with van der Waals surface area (Å²) >= 11 is 0. The van der Waals surface area contributed by atoms with Crippen molar-refractivity contribution in [3.63, 3.8) is 0 Å². The molecule has 2 aromatic rings. The number of hydrogen-bond donors (Lipinski definition) is 1. The van der Waals surface area contributed by atoms with Crippen LogP contribution < -0.4 is 4.74 Å². The van der Waals surface area contributed by atoms with Gasteiger partial charge in [-0.25, -0.2) is 4.39 Å². The summed E-state index contributed by atoms with van der Waals surface area (Å²) in [4.78, 5) is 0. The first-order valence-corrected chi connectivity index (χ1v) is 5.77. The van der Waals surface area contributed by atoms with Crippen LogP contribution in [0.2, 0.25) is 0 Å². The molecule has 19 heavy (non-hydrogen) atoms. The summed E-state index contributed by atoms with van der Waals surface area (Å²) in [7, 11) is 0. The Hall–Kier alpha value is -2.38. The van der Waals surface area contributed by atoms with Crippen molar-refractivity contribution in [3.05, 3.63) is 59.4 Å². The first-order chi connectivity index (χ1) is 9.13. The molecule has 4 heteroatoms. The first-order valence-electron chi connectivity index (χ1n) is 5.77. The smallest absolute Gasteiger partial charge is 0.145 e. The van der Waals surface area contributed by atoms with Gasteiger partial charge < -0.3 is 9.84 Å². The van der Waals surface area contributed by atoms with Gasteiger partial charge in [0.2, 0.25) is 0 Å². The molecule has 0 aromatic heterocycles. The van der Waals surface area contributed by atoms with Gasteiger partial charge in [-0.3, -0.25) is 0 Å². The van der Waals surface area contributed by atoms with Crippen molar-refractivity contribution in [1.29, 1.82) is 5.26 Å². The van der Waals surface area contributed by atoms with E-state index in [9.17, 15) is 9.50 Å². The highest BCUT2D eigenvalue weighted by atomic mass is 19.1. The quantitative estimate of drug-likeness (QED) is 0.914. The van der Waals surface area contributed by atoms with Crippen molar-refractivity contribution in [1.82, 2.24) is 0 Å². The number of nitriles is 1. The predicted molar refractivity (Wildman–Crippen MR) is 68.3 cm³/mol. The van der Waals surface area contributed by atoms with E-state index in [4.69, 9.17) is 10.00 Å². The zero-order valence-electron chi connectivity index (χ0n) is 10.3. The molecule has 0 spiro atoms. The Labute approximate surface area is 110 Å². The predicted octanol–water partition coefficient (Wildman–Crippen LogP) is 3.54. The minimum absolute atomic E-state index is 0.0789. The van der Waals surface area contributed by atoms with E-state index >= 15 is 0 Å². The highest BCUT2D eigenvalue weighted by Gasteiger charge is 2.16. The monoisotopic (exact) mass is 257 g/mol. The zero-order chi connectivity index (χ0) is 13.8. The van der Waals surface area contributed by atoms with Gasteiger partial charge in [0.1, 0.15) is 23.4 Å². The third-order valence-electron chi connectivity index (χ3n) is 2.66. The van der Waals surface area contributed by atoms with Gasteiger partial charge in [0, 0.05) is 0 Å². The van der Waals surface area contributed by atoms with Gasteiger partial charge in [-0.15, -0.1) is 0 Å². The van der Waals surface area contributed by atoms with Crippen molar-refractivity contribution < 1.29 is 14.2 Å². The molecule has 0 saturated heterocycles. The summed E-state index contributed by atoms with van der Waals surface area (Å²) in [5.74, 6) is -0.00265. The van der Waals surface area contributed by atoms with Crippen LogP contribution in [-0.2, 0) is 0 Å². The molecule has 2 aromatic carbocycles. The Bertz CT molecular complexity index is 632. The summed E-state index contributed by atoms with van der Waals surface area (Å²) in [5, 5.41) is 18.6. The van der Waals surface area contributed by atoms with Crippen LogP contribution >= 0.6 is 0 Å². The van der Waals surface area contributed by atoms with Gasteiger partial charge >= 0.3 is 0 Å². The molecule has 0 aliphatic heterocycles. The van der Waals surface area contributed by atoms with Crippen molar-refractivity contribution in [2.24, 2.45) is 0 Å². The Morgan fingerprint density at radius 1 is 1.16 bits per heavy atom. The topological polar surface area (TPSA) is 53.2 Å². The lowest BCUT2D eigenvalue weighted by Gasteiger charge is -2.14. The van der Waals surface area contributed by atoms with Gasteiger partial charge in [-0.05, 0) is 31.2 Å². The summed E-state index contributed by atoms with van der Waals surface area (Å²) in [6.07, 6.45) is -0.995. The Balaban J connectivity index is 2.45. The number of ether oxygens (including phenoxy) is 1. The van der Waals surface area contributed by atoms with Gasteiger partial charge in [-0.1, -0.05) is 18.2 Å². The number of nitrogens with zero attached hydrogens (tertiary/aromatic N) is 1. The van der Waals surface area contributed by atoms with Gasteiger partial charge in [0.15, 0.2) is 0 Å². The average molecular weight is 257 g/mol. The molecule has 0 aliphatic rings. The maximum absolute atomic E-state index is 13.7. The fourth-order valence-electron chi connectivity index (χ4n) is 1.78. The first kappa shape index (κ1) is 13.1.